The number of hydrogen-bond acceptors (Lipinski definition) is 1. The van der Waals surface area contributed by atoms with Gasteiger partial charge >= 0.3 is 0 Å². The third kappa shape index (κ3) is 4.25. The number of rotatable bonds is 5. The first-order chi connectivity index (χ1) is 13.8. The first-order valence-electron chi connectivity index (χ1n) is 9.37. The zero-order valence-corrected chi connectivity index (χ0v) is 17.7. The Morgan fingerprint density at radius 2 is 0.931 bits per heavy atom. The highest BCUT2D eigenvalue weighted by atomic mass is 35.5. The van der Waals surface area contributed by atoms with Gasteiger partial charge in [0.15, 0.2) is 0 Å². The molecule has 0 aliphatic rings. The third-order valence-electron chi connectivity index (χ3n) is 5.09. The van der Waals surface area contributed by atoms with E-state index in [1.165, 1.54) is 21.5 Å². The Balaban J connectivity index is 0.00000240. The summed E-state index contributed by atoms with van der Waals surface area (Å²) in [5.74, 6) is 0. The van der Waals surface area contributed by atoms with Crippen LogP contribution in [0.5, 0.6) is 0 Å². The van der Waals surface area contributed by atoms with Crippen LogP contribution < -0.4 is 15.9 Å². The minimum atomic E-state index is -1.88. The van der Waals surface area contributed by atoms with Gasteiger partial charge in [0.25, 0.3) is 0 Å². The lowest BCUT2D eigenvalue weighted by Gasteiger charge is -2.27. The zero-order chi connectivity index (χ0) is 19.2. The highest BCUT2D eigenvalue weighted by Gasteiger charge is 2.45. The fraction of sp³-hybridized carbons (Fsp3) is 0.0385. The highest BCUT2D eigenvalue weighted by molar-refractivity contribution is 7.95. The molecular formula is C26H22ClNP+. The number of hydrogen-bond donors (Lipinski definition) is 0. The third-order valence-corrected chi connectivity index (χ3v) is 9.47. The lowest BCUT2D eigenvalue weighted by molar-refractivity contribution is 1.37. The normalized spacial score (nSPS) is 10.6. The first-order valence-corrected chi connectivity index (χ1v) is 11.3. The maximum absolute atomic E-state index is 9.15. The molecule has 0 amide bonds. The summed E-state index contributed by atoms with van der Waals surface area (Å²) in [6, 6.07) is 42.9. The van der Waals surface area contributed by atoms with Crippen molar-refractivity contribution in [2.75, 3.05) is 0 Å². The predicted octanol–water partition coefficient (Wildman–Crippen LogP) is 5.47. The molecule has 0 aliphatic carbocycles. The molecule has 0 spiro atoms. The Hall–Kier alpha value is -2.91. The molecule has 4 rings (SSSR count). The number of nitrogens with zero attached hydrogens (tertiary/aromatic N) is 1. The second kappa shape index (κ2) is 9.53. The number of benzene rings is 4. The van der Waals surface area contributed by atoms with Crippen molar-refractivity contribution in [1.29, 1.82) is 5.26 Å². The zero-order valence-electron chi connectivity index (χ0n) is 16.0. The summed E-state index contributed by atoms with van der Waals surface area (Å²) in [6.07, 6.45) is 0.927. The molecule has 29 heavy (non-hydrogen) atoms. The van der Waals surface area contributed by atoms with Crippen molar-refractivity contribution in [3.8, 4) is 6.07 Å². The van der Waals surface area contributed by atoms with Gasteiger partial charge in [-0.25, -0.2) is 0 Å². The SMILES string of the molecule is Cl.N#Cc1ccc(C[P+](c2ccccc2)(c2ccccc2)c2ccccc2)cc1. The molecule has 4 aromatic carbocycles. The van der Waals surface area contributed by atoms with Crippen molar-refractivity contribution in [3.05, 3.63) is 126 Å². The van der Waals surface area contributed by atoms with E-state index in [2.05, 4.69) is 109 Å². The fourth-order valence-corrected chi connectivity index (χ4v) is 7.97. The Morgan fingerprint density at radius 3 is 1.28 bits per heavy atom. The van der Waals surface area contributed by atoms with Crippen molar-refractivity contribution in [3.63, 3.8) is 0 Å². The van der Waals surface area contributed by atoms with Gasteiger partial charge in [0.05, 0.1) is 17.8 Å². The second-order valence-electron chi connectivity index (χ2n) is 6.78. The smallest absolute Gasteiger partial charge is 0.116 e. The predicted molar refractivity (Wildman–Crippen MR) is 127 cm³/mol. The minimum Gasteiger partial charge on any atom is -0.192 e. The molecule has 0 aromatic heterocycles. The van der Waals surface area contributed by atoms with E-state index in [0.29, 0.717) is 5.56 Å². The van der Waals surface area contributed by atoms with Crippen molar-refractivity contribution >= 4 is 35.6 Å². The van der Waals surface area contributed by atoms with Crippen molar-refractivity contribution in [1.82, 2.24) is 0 Å². The van der Waals surface area contributed by atoms with Crippen LogP contribution in [0.3, 0.4) is 0 Å². The van der Waals surface area contributed by atoms with Gasteiger partial charge in [-0.3, -0.25) is 0 Å². The first kappa shape index (κ1) is 20.8. The average molecular weight is 415 g/mol. The van der Waals surface area contributed by atoms with Crippen LogP contribution in [-0.4, -0.2) is 0 Å². The van der Waals surface area contributed by atoms with Crippen LogP contribution >= 0.6 is 19.7 Å². The molecule has 0 aliphatic heterocycles. The summed E-state index contributed by atoms with van der Waals surface area (Å²) in [6.45, 7) is 0. The standard InChI is InChI=1S/C26H21NP.ClH/c27-20-22-16-18-23(19-17-22)21-28(24-10-4-1-5-11-24,25-12-6-2-7-13-25)26-14-8-3-9-15-26;/h1-19H,21H2;1H/q+1;. The van der Waals surface area contributed by atoms with Gasteiger partial charge in [-0.15, -0.1) is 12.4 Å². The maximum atomic E-state index is 9.15. The lowest BCUT2D eigenvalue weighted by atomic mass is 10.2. The van der Waals surface area contributed by atoms with E-state index in [4.69, 9.17) is 5.26 Å². The van der Waals surface area contributed by atoms with E-state index in [1.54, 1.807) is 0 Å². The second-order valence-corrected chi connectivity index (χ2v) is 10.3. The fourth-order valence-electron chi connectivity index (χ4n) is 3.73. The van der Waals surface area contributed by atoms with Gasteiger partial charge in [0.1, 0.15) is 23.2 Å². The monoisotopic (exact) mass is 414 g/mol. The van der Waals surface area contributed by atoms with Gasteiger partial charge in [-0.2, -0.15) is 5.26 Å². The Bertz CT molecular complexity index is 976. The Kier molecular flexibility index (Phi) is 6.84. The summed E-state index contributed by atoms with van der Waals surface area (Å²) < 4.78 is 0. The molecule has 0 heterocycles. The number of halogens is 1. The molecule has 1 nitrogen and oxygen atoms in total. The molecule has 0 bridgehead atoms. The topological polar surface area (TPSA) is 23.8 Å². The molecule has 3 heteroatoms. The Labute approximate surface area is 179 Å². The molecule has 0 saturated heterocycles. The van der Waals surface area contributed by atoms with E-state index >= 15 is 0 Å². The lowest BCUT2D eigenvalue weighted by Crippen LogP contribution is -2.32. The summed E-state index contributed by atoms with van der Waals surface area (Å²) in [5.41, 5.74) is 1.95. The molecule has 142 valence electrons. The van der Waals surface area contributed by atoms with E-state index in [1.807, 2.05) is 12.1 Å². The van der Waals surface area contributed by atoms with Gasteiger partial charge in [-0.1, -0.05) is 66.7 Å². The molecule has 0 atom stereocenters. The van der Waals surface area contributed by atoms with Crippen molar-refractivity contribution in [2.45, 2.75) is 6.16 Å². The van der Waals surface area contributed by atoms with E-state index in [0.717, 1.165) is 6.16 Å². The molecule has 0 fully saturated rings. The van der Waals surface area contributed by atoms with Gasteiger partial charge < -0.3 is 0 Å². The molecule has 0 N–H and O–H groups in total. The molecule has 0 saturated carbocycles. The quantitative estimate of drug-likeness (QED) is 0.397. The van der Waals surface area contributed by atoms with Crippen LogP contribution in [0.25, 0.3) is 0 Å². The average Bonchev–Trinajstić information content (AvgIpc) is 2.80. The minimum absolute atomic E-state index is 0. The van der Waals surface area contributed by atoms with Crippen molar-refractivity contribution in [2.24, 2.45) is 0 Å². The highest BCUT2D eigenvalue weighted by Crippen LogP contribution is 2.58. The van der Waals surface area contributed by atoms with Gasteiger partial charge in [0.2, 0.25) is 0 Å². The summed E-state index contributed by atoms with van der Waals surface area (Å²) >= 11 is 0. The van der Waals surface area contributed by atoms with Crippen LogP contribution in [0.1, 0.15) is 11.1 Å². The van der Waals surface area contributed by atoms with Gasteiger partial charge in [0, 0.05) is 0 Å². The molecule has 0 radical (unpaired) electrons. The van der Waals surface area contributed by atoms with E-state index in [-0.39, 0.29) is 12.4 Å². The summed E-state index contributed by atoms with van der Waals surface area (Å²) in [5, 5.41) is 13.3. The van der Waals surface area contributed by atoms with Crippen LogP contribution in [0.15, 0.2) is 115 Å². The van der Waals surface area contributed by atoms with Crippen LogP contribution in [0, 0.1) is 11.3 Å². The molecule has 0 unspecified atom stereocenters. The summed E-state index contributed by atoms with van der Waals surface area (Å²) in [4.78, 5) is 0. The van der Waals surface area contributed by atoms with Crippen LogP contribution in [-0.2, 0) is 6.16 Å². The maximum Gasteiger partial charge on any atom is 0.116 e. The van der Waals surface area contributed by atoms with E-state index in [9.17, 15) is 0 Å². The van der Waals surface area contributed by atoms with Crippen LogP contribution in [0.2, 0.25) is 0 Å². The largest absolute Gasteiger partial charge is 0.192 e. The summed E-state index contributed by atoms with van der Waals surface area (Å²) in [7, 11) is -1.88. The van der Waals surface area contributed by atoms with E-state index < -0.39 is 7.26 Å². The van der Waals surface area contributed by atoms with Crippen LogP contribution in [0.4, 0.5) is 0 Å². The van der Waals surface area contributed by atoms with Crippen molar-refractivity contribution < 1.29 is 0 Å². The Morgan fingerprint density at radius 1 is 0.552 bits per heavy atom. The molecule has 4 aromatic rings. The van der Waals surface area contributed by atoms with Gasteiger partial charge in [-0.05, 0) is 54.1 Å². The molecular weight excluding hydrogens is 393 g/mol. The number of nitriles is 1.